The second kappa shape index (κ2) is 9.22. The van der Waals surface area contributed by atoms with Gasteiger partial charge in [-0.25, -0.2) is 0 Å². The molecule has 134 valence electrons. The Morgan fingerprint density at radius 2 is 1.85 bits per heavy atom. The van der Waals surface area contributed by atoms with Crippen LogP contribution in [0.4, 0.5) is 5.69 Å². The number of nitrogens with zero attached hydrogens (tertiary/aromatic N) is 1. The van der Waals surface area contributed by atoms with Gasteiger partial charge in [0.05, 0.1) is 12.3 Å². The standard InChI is InChI=1S/C22H23NO2S/c1-3-25-23(2)20-13-11-19(12-14-21-10-7-15-26-21)22(16-20)24-17-18-8-5-4-6-9-18/h4-16H,3,17H2,1-2H3/b14-12+. The van der Waals surface area contributed by atoms with Crippen LogP contribution in [0.2, 0.25) is 0 Å². The molecule has 2 aromatic carbocycles. The molecule has 0 fully saturated rings. The van der Waals surface area contributed by atoms with Crippen LogP contribution in [0.5, 0.6) is 5.75 Å². The molecule has 4 heteroatoms. The topological polar surface area (TPSA) is 21.7 Å². The van der Waals surface area contributed by atoms with Gasteiger partial charge >= 0.3 is 0 Å². The fourth-order valence-corrected chi connectivity index (χ4v) is 3.16. The number of anilines is 1. The molecule has 0 spiro atoms. The highest BCUT2D eigenvalue weighted by Crippen LogP contribution is 2.28. The van der Waals surface area contributed by atoms with Crippen molar-refractivity contribution in [3.8, 4) is 5.75 Å². The van der Waals surface area contributed by atoms with Crippen molar-refractivity contribution in [2.24, 2.45) is 0 Å². The summed E-state index contributed by atoms with van der Waals surface area (Å²) >= 11 is 1.72. The molecule has 0 aliphatic heterocycles. The Morgan fingerprint density at radius 1 is 1.00 bits per heavy atom. The molecule has 0 atom stereocenters. The van der Waals surface area contributed by atoms with Crippen molar-refractivity contribution in [2.45, 2.75) is 13.5 Å². The number of hydrogen-bond acceptors (Lipinski definition) is 4. The molecule has 0 aliphatic carbocycles. The minimum absolute atomic E-state index is 0.530. The predicted octanol–water partition coefficient (Wildman–Crippen LogP) is 5.89. The first-order valence-corrected chi connectivity index (χ1v) is 9.53. The van der Waals surface area contributed by atoms with Crippen molar-refractivity contribution in [1.82, 2.24) is 0 Å². The van der Waals surface area contributed by atoms with Crippen LogP contribution in [0, 0.1) is 0 Å². The minimum atomic E-state index is 0.530. The lowest BCUT2D eigenvalue weighted by molar-refractivity contribution is 0.134. The van der Waals surface area contributed by atoms with E-state index >= 15 is 0 Å². The Labute approximate surface area is 159 Å². The van der Waals surface area contributed by atoms with E-state index in [1.807, 2.05) is 44.3 Å². The number of rotatable bonds is 8. The van der Waals surface area contributed by atoms with Crippen LogP contribution in [0.15, 0.2) is 66.0 Å². The number of hydrogen-bond donors (Lipinski definition) is 0. The molecule has 0 saturated heterocycles. The molecule has 0 aliphatic rings. The summed E-state index contributed by atoms with van der Waals surface area (Å²) in [4.78, 5) is 6.78. The monoisotopic (exact) mass is 365 g/mol. The lowest BCUT2D eigenvalue weighted by atomic mass is 10.1. The second-order valence-electron chi connectivity index (χ2n) is 5.76. The molecule has 0 bridgehead atoms. The third-order valence-corrected chi connectivity index (χ3v) is 4.73. The Hall–Kier alpha value is -2.56. The second-order valence-corrected chi connectivity index (χ2v) is 6.74. The van der Waals surface area contributed by atoms with E-state index in [2.05, 4.69) is 47.9 Å². The van der Waals surface area contributed by atoms with Crippen LogP contribution in [-0.2, 0) is 11.4 Å². The normalized spacial score (nSPS) is 11.0. The summed E-state index contributed by atoms with van der Waals surface area (Å²) in [5.41, 5.74) is 3.15. The third-order valence-electron chi connectivity index (χ3n) is 3.89. The minimum Gasteiger partial charge on any atom is -0.488 e. The largest absolute Gasteiger partial charge is 0.488 e. The maximum Gasteiger partial charge on any atom is 0.129 e. The first-order valence-electron chi connectivity index (χ1n) is 8.65. The molecule has 1 heterocycles. The van der Waals surface area contributed by atoms with E-state index in [1.165, 1.54) is 4.88 Å². The van der Waals surface area contributed by atoms with Gasteiger partial charge in [-0.1, -0.05) is 36.4 Å². The lowest BCUT2D eigenvalue weighted by Gasteiger charge is -2.19. The quantitative estimate of drug-likeness (QED) is 0.465. The fraction of sp³-hybridized carbons (Fsp3) is 0.182. The van der Waals surface area contributed by atoms with E-state index < -0.39 is 0 Å². The Balaban J connectivity index is 1.84. The Kier molecular flexibility index (Phi) is 6.47. The van der Waals surface area contributed by atoms with Crippen LogP contribution in [0.1, 0.15) is 22.9 Å². The lowest BCUT2D eigenvalue weighted by Crippen LogP contribution is -2.17. The van der Waals surface area contributed by atoms with Crippen LogP contribution < -0.4 is 9.80 Å². The van der Waals surface area contributed by atoms with E-state index in [9.17, 15) is 0 Å². The van der Waals surface area contributed by atoms with Gasteiger partial charge in [0.1, 0.15) is 12.4 Å². The van der Waals surface area contributed by atoms with Gasteiger partial charge in [-0.3, -0.25) is 9.90 Å². The Bertz CT molecular complexity index is 829. The van der Waals surface area contributed by atoms with Crippen molar-refractivity contribution in [3.05, 3.63) is 82.0 Å². The van der Waals surface area contributed by atoms with E-state index in [1.54, 1.807) is 16.4 Å². The molecule has 0 unspecified atom stereocenters. The maximum atomic E-state index is 6.13. The number of thiophene rings is 1. The van der Waals surface area contributed by atoms with E-state index in [0.29, 0.717) is 13.2 Å². The molecule has 0 N–H and O–H groups in total. The summed E-state index contributed by atoms with van der Waals surface area (Å²) in [6.45, 7) is 3.13. The summed E-state index contributed by atoms with van der Waals surface area (Å²) in [7, 11) is 1.90. The molecule has 26 heavy (non-hydrogen) atoms. The molecule has 0 radical (unpaired) electrons. The van der Waals surface area contributed by atoms with Crippen LogP contribution >= 0.6 is 11.3 Å². The van der Waals surface area contributed by atoms with E-state index in [0.717, 1.165) is 22.6 Å². The zero-order valence-corrected chi connectivity index (χ0v) is 15.9. The predicted molar refractivity (Wildman–Crippen MR) is 110 cm³/mol. The van der Waals surface area contributed by atoms with Crippen molar-refractivity contribution in [3.63, 3.8) is 0 Å². The van der Waals surface area contributed by atoms with E-state index in [-0.39, 0.29) is 0 Å². The van der Waals surface area contributed by atoms with Crippen LogP contribution in [0.25, 0.3) is 12.2 Å². The van der Waals surface area contributed by atoms with Gasteiger partial charge < -0.3 is 4.74 Å². The molecule has 3 rings (SSSR count). The Morgan fingerprint density at radius 3 is 2.58 bits per heavy atom. The zero-order chi connectivity index (χ0) is 18.2. The number of ether oxygens (including phenoxy) is 1. The van der Waals surface area contributed by atoms with Crippen molar-refractivity contribution in [2.75, 3.05) is 18.7 Å². The molecule has 0 amide bonds. The average molecular weight is 365 g/mol. The maximum absolute atomic E-state index is 6.13. The summed E-state index contributed by atoms with van der Waals surface area (Å²) in [5, 5.41) is 3.84. The van der Waals surface area contributed by atoms with Gasteiger partial charge in [0.25, 0.3) is 0 Å². The van der Waals surface area contributed by atoms with E-state index in [4.69, 9.17) is 9.57 Å². The highest BCUT2D eigenvalue weighted by Gasteiger charge is 2.08. The van der Waals surface area contributed by atoms with Crippen LogP contribution in [-0.4, -0.2) is 13.7 Å². The molecule has 3 nitrogen and oxygen atoms in total. The summed E-state index contributed by atoms with van der Waals surface area (Å²) in [5.74, 6) is 0.839. The third kappa shape index (κ3) is 4.97. The molecule has 3 aromatic rings. The number of hydroxylamine groups is 1. The van der Waals surface area contributed by atoms with Gasteiger partial charge in [-0.05, 0) is 48.2 Å². The van der Waals surface area contributed by atoms with Gasteiger partial charge in [0.15, 0.2) is 0 Å². The van der Waals surface area contributed by atoms with Gasteiger partial charge in [0, 0.05) is 23.6 Å². The highest BCUT2D eigenvalue weighted by molar-refractivity contribution is 7.10. The smallest absolute Gasteiger partial charge is 0.129 e. The fourth-order valence-electron chi connectivity index (χ4n) is 2.54. The highest BCUT2D eigenvalue weighted by atomic mass is 32.1. The van der Waals surface area contributed by atoms with Gasteiger partial charge in [0.2, 0.25) is 0 Å². The molecular formula is C22H23NO2S. The van der Waals surface area contributed by atoms with Gasteiger partial charge in [-0.15, -0.1) is 11.3 Å². The molecule has 1 aromatic heterocycles. The molecule has 0 saturated carbocycles. The summed E-state index contributed by atoms with van der Waals surface area (Å²) < 4.78 is 6.13. The van der Waals surface area contributed by atoms with Crippen LogP contribution in [0.3, 0.4) is 0 Å². The SMILES string of the molecule is CCON(C)c1ccc(/C=C/c2cccs2)c(OCc2ccccc2)c1. The van der Waals surface area contributed by atoms with Gasteiger partial charge in [-0.2, -0.15) is 0 Å². The summed E-state index contributed by atoms with van der Waals surface area (Å²) in [6.07, 6.45) is 4.21. The summed E-state index contributed by atoms with van der Waals surface area (Å²) in [6, 6.07) is 20.5. The van der Waals surface area contributed by atoms with Crippen molar-refractivity contribution in [1.29, 1.82) is 0 Å². The first-order chi connectivity index (χ1) is 12.8. The molecular weight excluding hydrogens is 342 g/mol. The zero-order valence-electron chi connectivity index (χ0n) is 15.1. The number of benzene rings is 2. The van der Waals surface area contributed by atoms with Crippen molar-refractivity contribution < 1.29 is 9.57 Å². The average Bonchev–Trinajstić information content (AvgIpc) is 3.19. The first kappa shape index (κ1) is 18.2. The van der Waals surface area contributed by atoms with Crippen molar-refractivity contribution >= 4 is 29.2 Å².